The molecule has 0 aliphatic heterocycles. The smallest absolute Gasteiger partial charge is 0.288 e. The van der Waals surface area contributed by atoms with Gasteiger partial charge in [0, 0.05) is 5.69 Å². The Labute approximate surface area is 89.9 Å². The Hall–Kier alpha value is -1.63. The number of fused-ring (bicyclic) bond motifs is 1. The second-order valence-electron chi connectivity index (χ2n) is 2.95. The highest BCUT2D eigenvalue weighted by Gasteiger charge is 2.12. The molecule has 0 saturated heterocycles. The fourth-order valence-corrected chi connectivity index (χ4v) is 1.79. The molecule has 0 aliphatic rings. The van der Waals surface area contributed by atoms with Crippen LogP contribution < -0.4 is 5.73 Å². The number of aryl methyl sites for hydroxylation is 1. The van der Waals surface area contributed by atoms with E-state index in [0.29, 0.717) is 5.78 Å². The summed E-state index contributed by atoms with van der Waals surface area (Å²) in [6.07, 6.45) is 1.92. The molecule has 0 bridgehead atoms. The molecular formula is C8H9N5OS. The van der Waals surface area contributed by atoms with Crippen molar-refractivity contribution in [2.75, 3.05) is 6.26 Å². The molecule has 0 aliphatic carbocycles. The van der Waals surface area contributed by atoms with Crippen LogP contribution in [0.4, 0.5) is 0 Å². The lowest BCUT2D eigenvalue weighted by molar-refractivity contribution is 0.0990. The van der Waals surface area contributed by atoms with E-state index in [-0.39, 0.29) is 5.82 Å². The number of nitrogens with zero attached hydrogens (tertiary/aromatic N) is 4. The largest absolute Gasteiger partial charge is 0.363 e. The standard InChI is InChI=1S/C8H9N5OS/c1-4-3-5(15-2)13-8(10-4)11-7(12-13)6(9)14/h3H,1-2H3,(H2,9,14). The van der Waals surface area contributed by atoms with Gasteiger partial charge in [0.15, 0.2) is 0 Å². The van der Waals surface area contributed by atoms with Gasteiger partial charge in [-0.3, -0.25) is 4.79 Å². The van der Waals surface area contributed by atoms with Crippen LogP contribution in [0.1, 0.15) is 16.3 Å². The first kappa shape index (κ1) is 9.91. The number of carbonyl (C=O) groups is 1. The predicted molar refractivity (Wildman–Crippen MR) is 55.8 cm³/mol. The Kier molecular flexibility index (Phi) is 2.31. The summed E-state index contributed by atoms with van der Waals surface area (Å²) in [4.78, 5) is 19.0. The number of nitrogens with two attached hydrogens (primary N) is 1. The Morgan fingerprint density at radius 2 is 2.27 bits per heavy atom. The van der Waals surface area contributed by atoms with Crippen molar-refractivity contribution in [1.82, 2.24) is 19.6 Å². The molecule has 2 N–H and O–H groups in total. The lowest BCUT2D eigenvalue weighted by atomic mass is 10.5. The zero-order valence-electron chi connectivity index (χ0n) is 8.26. The first-order chi connectivity index (χ1) is 7.11. The van der Waals surface area contributed by atoms with Gasteiger partial charge in [0.05, 0.1) is 0 Å². The van der Waals surface area contributed by atoms with Gasteiger partial charge in [-0.1, -0.05) is 0 Å². The zero-order chi connectivity index (χ0) is 11.0. The average molecular weight is 223 g/mol. The molecule has 78 valence electrons. The molecule has 7 heteroatoms. The minimum Gasteiger partial charge on any atom is -0.363 e. The summed E-state index contributed by atoms with van der Waals surface area (Å²) in [6, 6.07) is 1.87. The number of aromatic nitrogens is 4. The molecule has 2 aromatic rings. The number of carbonyl (C=O) groups excluding carboxylic acids is 1. The van der Waals surface area contributed by atoms with Gasteiger partial charge in [-0.2, -0.15) is 9.50 Å². The highest BCUT2D eigenvalue weighted by atomic mass is 32.2. The average Bonchev–Trinajstić information content (AvgIpc) is 2.59. The number of primary amides is 1. The van der Waals surface area contributed by atoms with Crippen LogP contribution in [0.25, 0.3) is 5.78 Å². The normalized spacial score (nSPS) is 10.8. The molecule has 0 fully saturated rings. The molecule has 0 atom stereocenters. The molecule has 0 spiro atoms. The van der Waals surface area contributed by atoms with Crippen molar-refractivity contribution >= 4 is 23.4 Å². The van der Waals surface area contributed by atoms with Gasteiger partial charge in [-0.15, -0.1) is 16.9 Å². The van der Waals surface area contributed by atoms with Crippen molar-refractivity contribution in [3.05, 3.63) is 17.6 Å². The highest BCUT2D eigenvalue weighted by Crippen LogP contribution is 2.15. The summed E-state index contributed by atoms with van der Waals surface area (Å²) in [5.74, 6) is -0.262. The molecule has 0 aromatic carbocycles. The van der Waals surface area contributed by atoms with Gasteiger partial charge in [-0.05, 0) is 19.2 Å². The Morgan fingerprint density at radius 3 is 2.87 bits per heavy atom. The lowest BCUT2D eigenvalue weighted by Crippen LogP contribution is -2.13. The van der Waals surface area contributed by atoms with E-state index in [9.17, 15) is 4.79 Å². The van der Waals surface area contributed by atoms with Crippen LogP contribution in [0.15, 0.2) is 11.1 Å². The van der Waals surface area contributed by atoms with Gasteiger partial charge in [-0.25, -0.2) is 4.98 Å². The van der Waals surface area contributed by atoms with E-state index in [2.05, 4.69) is 15.1 Å². The van der Waals surface area contributed by atoms with Crippen LogP contribution in [0.2, 0.25) is 0 Å². The van der Waals surface area contributed by atoms with Gasteiger partial charge in [0.2, 0.25) is 5.82 Å². The van der Waals surface area contributed by atoms with Crippen LogP contribution in [0.3, 0.4) is 0 Å². The fraction of sp³-hybridized carbons (Fsp3) is 0.250. The molecule has 15 heavy (non-hydrogen) atoms. The summed E-state index contributed by atoms with van der Waals surface area (Å²) in [6.45, 7) is 1.86. The van der Waals surface area contributed by atoms with Crippen molar-refractivity contribution in [2.24, 2.45) is 5.73 Å². The van der Waals surface area contributed by atoms with Gasteiger partial charge >= 0.3 is 0 Å². The summed E-state index contributed by atoms with van der Waals surface area (Å²) in [5.41, 5.74) is 5.92. The molecule has 0 radical (unpaired) electrons. The van der Waals surface area contributed by atoms with Crippen LogP contribution >= 0.6 is 11.8 Å². The monoisotopic (exact) mass is 223 g/mol. The van der Waals surface area contributed by atoms with E-state index in [1.807, 2.05) is 19.2 Å². The number of amides is 1. The van der Waals surface area contributed by atoms with Gasteiger partial charge in [0.1, 0.15) is 5.03 Å². The van der Waals surface area contributed by atoms with Gasteiger partial charge < -0.3 is 5.73 Å². The number of hydrogen-bond donors (Lipinski definition) is 1. The molecular weight excluding hydrogens is 214 g/mol. The summed E-state index contributed by atoms with van der Waals surface area (Å²) >= 11 is 1.51. The third-order valence-corrected chi connectivity index (χ3v) is 2.55. The third kappa shape index (κ3) is 1.65. The zero-order valence-corrected chi connectivity index (χ0v) is 9.08. The second-order valence-corrected chi connectivity index (χ2v) is 3.78. The Balaban J connectivity index is 2.74. The molecule has 0 saturated carbocycles. The maximum atomic E-state index is 10.9. The Bertz CT molecular complexity index is 535. The van der Waals surface area contributed by atoms with Crippen LogP contribution in [-0.2, 0) is 0 Å². The van der Waals surface area contributed by atoms with Crippen molar-refractivity contribution in [3.63, 3.8) is 0 Å². The van der Waals surface area contributed by atoms with Crippen LogP contribution in [0, 0.1) is 6.92 Å². The van der Waals surface area contributed by atoms with E-state index in [4.69, 9.17) is 5.73 Å². The third-order valence-electron chi connectivity index (χ3n) is 1.84. The molecule has 0 unspecified atom stereocenters. The Morgan fingerprint density at radius 1 is 1.53 bits per heavy atom. The van der Waals surface area contributed by atoms with E-state index in [1.54, 1.807) is 0 Å². The van der Waals surface area contributed by atoms with Crippen molar-refractivity contribution in [3.8, 4) is 0 Å². The van der Waals surface area contributed by atoms with Crippen LogP contribution in [0.5, 0.6) is 0 Å². The highest BCUT2D eigenvalue weighted by molar-refractivity contribution is 7.98. The lowest BCUT2D eigenvalue weighted by Gasteiger charge is -1.99. The van der Waals surface area contributed by atoms with E-state index < -0.39 is 5.91 Å². The first-order valence-electron chi connectivity index (χ1n) is 4.20. The maximum absolute atomic E-state index is 10.9. The molecule has 1 amide bonds. The topological polar surface area (TPSA) is 86.2 Å². The second kappa shape index (κ2) is 3.50. The number of hydrogen-bond acceptors (Lipinski definition) is 5. The summed E-state index contributed by atoms with van der Waals surface area (Å²) in [5, 5.41) is 4.84. The fourth-order valence-electron chi connectivity index (χ4n) is 1.20. The van der Waals surface area contributed by atoms with Crippen LogP contribution in [-0.4, -0.2) is 31.7 Å². The van der Waals surface area contributed by atoms with E-state index >= 15 is 0 Å². The minimum absolute atomic E-state index is 0.0107. The number of rotatable bonds is 2. The first-order valence-corrected chi connectivity index (χ1v) is 5.42. The van der Waals surface area contributed by atoms with E-state index in [0.717, 1.165) is 10.7 Å². The SMILES string of the molecule is CSc1cc(C)nc2nc(C(N)=O)nn12. The molecule has 2 heterocycles. The molecule has 2 rings (SSSR count). The quantitative estimate of drug-likeness (QED) is 0.582. The summed E-state index contributed by atoms with van der Waals surface area (Å²) < 4.78 is 1.51. The van der Waals surface area contributed by atoms with Crippen molar-refractivity contribution in [1.29, 1.82) is 0 Å². The number of thioether (sulfide) groups is 1. The van der Waals surface area contributed by atoms with Crippen molar-refractivity contribution < 1.29 is 4.79 Å². The summed E-state index contributed by atoms with van der Waals surface area (Å²) in [7, 11) is 0. The van der Waals surface area contributed by atoms with E-state index in [1.165, 1.54) is 16.3 Å². The minimum atomic E-state index is -0.648. The van der Waals surface area contributed by atoms with Gasteiger partial charge in [0.25, 0.3) is 11.7 Å². The molecule has 6 nitrogen and oxygen atoms in total. The van der Waals surface area contributed by atoms with Crippen molar-refractivity contribution in [2.45, 2.75) is 11.9 Å². The maximum Gasteiger partial charge on any atom is 0.288 e. The molecule has 2 aromatic heterocycles. The predicted octanol–water partition coefficient (Wildman–Crippen LogP) is 0.254.